The summed E-state index contributed by atoms with van der Waals surface area (Å²) < 4.78 is 1.07. The average molecular weight is 325 g/mol. The van der Waals surface area contributed by atoms with Gasteiger partial charge in [-0.1, -0.05) is 28.1 Å². The predicted octanol–water partition coefficient (Wildman–Crippen LogP) is 3.33. The zero-order chi connectivity index (χ0) is 8.43. The van der Waals surface area contributed by atoms with Crippen LogP contribution in [-0.4, -0.2) is 3.79 Å². The van der Waals surface area contributed by atoms with Crippen molar-refractivity contribution in [1.29, 1.82) is 0 Å². The fourth-order valence-electron chi connectivity index (χ4n) is 0.820. The smallest absolute Gasteiger partial charge is 0.222 e. The highest BCUT2D eigenvalue weighted by atomic mass is 127. The molecule has 11 heavy (non-hydrogen) atoms. The van der Waals surface area contributed by atoms with Crippen LogP contribution in [0, 0.1) is 6.92 Å². The van der Waals surface area contributed by atoms with Crippen LogP contribution in [0.25, 0.3) is 0 Å². The summed E-state index contributed by atoms with van der Waals surface area (Å²) in [6.45, 7) is 1.93. The third-order valence-corrected chi connectivity index (χ3v) is 2.92. The van der Waals surface area contributed by atoms with Crippen molar-refractivity contribution in [2.24, 2.45) is 0 Å². The van der Waals surface area contributed by atoms with E-state index in [0.717, 1.165) is 15.6 Å². The minimum atomic E-state index is 0.0846. The van der Waals surface area contributed by atoms with E-state index in [1.54, 1.807) is 22.6 Å². The molecule has 1 aromatic carbocycles. The Hall–Kier alpha value is 0.1000. The third-order valence-electron chi connectivity index (χ3n) is 1.48. The molecule has 3 heteroatoms. The Morgan fingerprint density at radius 2 is 2.18 bits per heavy atom. The summed E-state index contributed by atoms with van der Waals surface area (Å²) in [5.74, 6) is 0. The minimum absolute atomic E-state index is 0.0846. The number of benzene rings is 1. The second kappa shape index (κ2) is 3.67. The van der Waals surface area contributed by atoms with Crippen LogP contribution in [0.5, 0.6) is 0 Å². The molecule has 0 aliphatic rings. The lowest BCUT2D eigenvalue weighted by Crippen LogP contribution is -1.92. The number of carbonyl (C=O) groups is 1. The lowest BCUT2D eigenvalue weighted by molar-refractivity contribution is 0.110. The number of carbonyl (C=O) groups excluding carboxylic acids is 1. The second-order valence-corrected chi connectivity index (χ2v) is 4.02. The Morgan fingerprint density at radius 1 is 1.55 bits per heavy atom. The van der Waals surface area contributed by atoms with Crippen LogP contribution in [0.2, 0.25) is 0 Å². The SMILES string of the molecule is Cc1c(Br)cccc1C(=O)I. The van der Waals surface area contributed by atoms with Crippen LogP contribution in [-0.2, 0) is 0 Å². The van der Waals surface area contributed by atoms with Crippen molar-refractivity contribution in [3.63, 3.8) is 0 Å². The molecule has 0 saturated carbocycles. The Bertz CT molecular complexity index is 296. The molecular formula is C8H6BrIO. The lowest BCUT2D eigenvalue weighted by Gasteiger charge is -2.01. The van der Waals surface area contributed by atoms with Gasteiger partial charge in [-0.05, 0) is 18.6 Å². The van der Waals surface area contributed by atoms with Crippen LogP contribution in [0.4, 0.5) is 0 Å². The van der Waals surface area contributed by atoms with Gasteiger partial charge in [0.15, 0.2) is 0 Å². The highest BCUT2D eigenvalue weighted by Gasteiger charge is 2.05. The molecule has 0 amide bonds. The average Bonchev–Trinajstić information content (AvgIpc) is 1.94. The van der Waals surface area contributed by atoms with Gasteiger partial charge in [0.1, 0.15) is 0 Å². The molecule has 0 aromatic heterocycles. The Balaban J connectivity index is 3.27. The highest BCUT2D eigenvalue weighted by Crippen LogP contribution is 2.21. The zero-order valence-electron chi connectivity index (χ0n) is 5.90. The van der Waals surface area contributed by atoms with Gasteiger partial charge in [-0.2, -0.15) is 0 Å². The predicted molar refractivity (Wildman–Crippen MR) is 57.2 cm³/mol. The van der Waals surface area contributed by atoms with Crippen molar-refractivity contribution < 1.29 is 4.79 Å². The van der Waals surface area contributed by atoms with E-state index in [1.165, 1.54) is 0 Å². The standard InChI is InChI=1S/C8H6BrIO/c1-5-6(8(10)11)3-2-4-7(5)9/h2-4H,1H3. The van der Waals surface area contributed by atoms with Crippen LogP contribution in [0.1, 0.15) is 15.9 Å². The molecule has 0 aliphatic carbocycles. The van der Waals surface area contributed by atoms with E-state index in [4.69, 9.17) is 0 Å². The first kappa shape index (κ1) is 9.19. The first-order valence-corrected chi connectivity index (χ1v) is 4.95. The lowest BCUT2D eigenvalue weighted by atomic mass is 10.1. The van der Waals surface area contributed by atoms with Gasteiger partial charge in [0.05, 0.1) is 0 Å². The Morgan fingerprint density at radius 3 is 2.64 bits per heavy atom. The number of halogens is 2. The van der Waals surface area contributed by atoms with Crippen LogP contribution in [0.3, 0.4) is 0 Å². The van der Waals surface area contributed by atoms with E-state index in [1.807, 2.05) is 25.1 Å². The summed E-state index contributed by atoms with van der Waals surface area (Å²) in [5, 5.41) is 0. The van der Waals surface area contributed by atoms with E-state index in [-0.39, 0.29) is 3.79 Å². The van der Waals surface area contributed by atoms with E-state index in [2.05, 4.69) is 15.9 Å². The Labute approximate surface area is 87.5 Å². The fourth-order valence-corrected chi connectivity index (χ4v) is 1.77. The summed E-state index contributed by atoms with van der Waals surface area (Å²) >= 11 is 5.15. The Kier molecular flexibility index (Phi) is 3.06. The summed E-state index contributed by atoms with van der Waals surface area (Å²) in [5.41, 5.74) is 1.78. The van der Waals surface area contributed by atoms with Crippen molar-refractivity contribution in [2.75, 3.05) is 0 Å². The van der Waals surface area contributed by atoms with Crippen molar-refractivity contribution in [3.05, 3.63) is 33.8 Å². The van der Waals surface area contributed by atoms with Gasteiger partial charge in [-0.3, -0.25) is 4.79 Å². The quantitative estimate of drug-likeness (QED) is 0.572. The molecule has 1 aromatic rings. The topological polar surface area (TPSA) is 17.1 Å². The molecular weight excluding hydrogens is 319 g/mol. The molecule has 0 saturated heterocycles. The molecule has 0 spiro atoms. The number of hydrogen-bond donors (Lipinski definition) is 0. The molecule has 0 fully saturated rings. The maximum absolute atomic E-state index is 11.0. The second-order valence-electron chi connectivity index (χ2n) is 2.19. The molecule has 0 heterocycles. The largest absolute Gasteiger partial charge is 0.282 e. The first-order chi connectivity index (χ1) is 5.13. The van der Waals surface area contributed by atoms with Crippen LogP contribution >= 0.6 is 38.5 Å². The van der Waals surface area contributed by atoms with Gasteiger partial charge in [0.25, 0.3) is 0 Å². The summed E-state index contributed by atoms with van der Waals surface area (Å²) in [4.78, 5) is 11.0. The van der Waals surface area contributed by atoms with Gasteiger partial charge < -0.3 is 0 Å². The van der Waals surface area contributed by atoms with E-state index < -0.39 is 0 Å². The number of rotatable bonds is 1. The van der Waals surface area contributed by atoms with Crippen LogP contribution < -0.4 is 0 Å². The van der Waals surface area contributed by atoms with E-state index >= 15 is 0 Å². The molecule has 0 unspecified atom stereocenters. The van der Waals surface area contributed by atoms with E-state index in [9.17, 15) is 4.79 Å². The van der Waals surface area contributed by atoms with Crippen molar-refractivity contribution in [2.45, 2.75) is 6.92 Å². The molecule has 58 valence electrons. The van der Waals surface area contributed by atoms with Gasteiger partial charge in [-0.25, -0.2) is 0 Å². The number of hydrogen-bond acceptors (Lipinski definition) is 1. The summed E-state index contributed by atoms with van der Waals surface area (Å²) in [6.07, 6.45) is 0. The molecule has 0 atom stereocenters. The summed E-state index contributed by atoms with van der Waals surface area (Å²) in [7, 11) is 0. The molecule has 1 nitrogen and oxygen atoms in total. The monoisotopic (exact) mass is 324 g/mol. The molecule has 1 rings (SSSR count). The van der Waals surface area contributed by atoms with Gasteiger partial charge in [-0.15, -0.1) is 0 Å². The third kappa shape index (κ3) is 2.02. The van der Waals surface area contributed by atoms with Crippen LogP contribution in [0.15, 0.2) is 22.7 Å². The van der Waals surface area contributed by atoms with Gasteiger partial charge >= 0.3 is 0 Å². The fraction of sp³-hybridized carbons (Fsp3) is 0.125. The maximum atomic E-state index is 11.0. The molecule has 0 N–H and O–H groups in total. The summed E-state index contributed by atoms with van der Waals surface area (Å²) in [6, 6.07) is 5.62. The highest BCUT2D eigenvalue weighted by molar-refractivity contribution is 14.1. The normalized spacial score (nSPS) is 9.73. The minimum Gasteiger partial charge on any atom is -0.282 e. The van der Waals surface area contributed by atoms with Crippen molar-refractivity contribution in [1.82, 2.24) is 0 Å². The maximum Gasteiger partial charge on any atom is 0.222 e. The van der Waals surface area contributed by atoms with Crippen molar-refractivity contribution >= 4 is 42.3 Å². The first-order valence-electron chi connectivity index (χ1n) is 3.08. The molecule has 0 radical (unpaired) electrons. The van der Waals surface area contributed by atoms with Crippen molar-refractivity contribution in [3.8, 4) is 0 Å². The van der Waals surface area contributed by atoms with Gasteiger partial charge in [0.2, 0.25) is 3.79 Å². The molecule has 0 aliphatic heterocycles. The zero-order valence-corrected chi connectivity index (χ0v) is 9.64. The molecule has 0 bridgehead atoms. The van der Waals surface area contributed by atoms with Gasteiger partial charge in [0, 0.05) is 32.6 Å². The van der Waals surface area contributed by atoms with E-state index in [0.29, 0.717) is 0 Å².